The number of urea groups is 1. The molecule has 0 unspecified atom stereocenters. The van der Waals surface area contributed by atoms with Crippen LogP contribution < -0.4 is 16.2 Å². The van der Waals surface area contributed by atoms with Gasteiger partial charge in [-0.25, -0.2) is 9.48 Å². The molecule has 0 aliphatic carbocycles. The van der Waals surface area contributed by atoms with E-state index in [2.05, 4.69) is 20.9 Å². The molecular weight excluding hydrogens is 342 g/mol. The Hall–Kier alpha value is -3.22. The first-order chi connectivity index (χ1) is 13.1. The summed E-state index contributed by atoms with van der Waals surface area (Å²) in [5.74, 6) is 0. The third-order valence-corrected chi connectivity index (χ3v) is 4.50. The molecule has 2 amide bonds. The molecule has 2 aromatic carbocycles. The lowest BCUT2D eigenvalue weighted by atomic mass is 10.1. The number of fused-ring (bicyclic) bond motifs is 1. The maximum atomic E-state index is 12.6. The lowest BCUT2D eigenvalue weighted by Crippen LogP contribution is -2.42. The van der Waals surface area contributed by atoms with Gasteiger partial charge in [0.15, 0.2) is 0 Å². The van der Waals surface area contributed by atoms with Gasteiger partial charge in [0, 0.05) is 5.69 Å². The molecule has 1 heterocycles. The van der Waals surface area contributed by atoms with E-state index in [9.17, 15) is 9.59 Å². The number of carbonyl (C=O) groups excluding carboxylic acids is 1. The number of rotatable bonds is 6. The zero-order valence-electron chi connectivity index (χ0n) is 15.5. The molecule has 140 valence electrons. The van der Waals surface area contributed by atoms with E-state index < -0.39 is 0 Å². The molecule has 3 aromatic rings. The zero-order chi connectivity index (χ0) is 19.2. The van der Waals surface area contributed by atoms with E-state index in [4.69, 9.17) is 0 Å². The van der Waals surface area contributed by atoms with Crippen molar-refractivity contribution in [2.75, 3.05) is 5.32 Å². The molecule has 0 saturated heterocycles. The summed E-state index contributed by atoms with van der Waals surface area (Å²) in [7, 11) is 0. The van der Waals surface area contributed by atoms with Crippen LogP contribution in [0.25, 0.3) is 10.9 Å². The van der Waals surface area contributed by atoms with Crippen LogP contribution in [0.3, 0.4) is 0 Å². The first-order valence-corrected chi connectivity index (χ1v) is 9.10. The van der Waals surface area contributed by atoms with E-state index in [-0.39, 0.29) is 24.2 Å². The van der Waals surface area contributed by atoms with Crippen LogP contribution in [0.1, 0.15) is 25.8 Å². The molecule has 0 saturated carbocycles. The van der Waals surface area contributed by atoms with Crippen LogP contribution in [-0.4, -0.2) is 27.1 Å². The standard InChI is InChI=1S/C20H23N5O2/c1-3-14-9-5-7-11-17(14)22-20(27)21-15(4-2)13-25-19(26)16-10-6-8-12-18(16)23-24-25/h5-12,15H,3-4,13H2,1-2H3,(H2,21,22,27)/t15-/m1/s1. The Labute approximate surface area is 157 Å². The predicted octanol–water partition coefficient (Wildman–Crippen LogP) is 2.95. The highest BCUT2D eigenvalue weighted by molar-refractivity contribution is 5.90. The smallest absolute Gasteiger partial charge is 0.319 e. The summed E-state index contributed by atoms with van der Waals surface area (Å²) in [5, 5.41) is 14.4. The topological polar surface area (TPSA) is 88.9 Å². The van der Waals surface area contributed by atoms with E-state index in [0.29, 0.717) is 17.3 Å². The molecule has 0 spiro atoms. The number of carbonyl (C=O) groups is 1. The molecule has 0 aliphatic rings. The van der Waals surface area contributed by atoms with Crippen LogP contribution in [0.5, 0.6) is 0 Å². The monoisotopic (exact) mass is 365 g/mol. The molecule has 0 fully saturated rings. The molecule has 2 N–H and O–H groups in total. The quantitative estimate of drug-likeness (QED) is 0.703. The van der Waals surface area contributed by atoms with E-state index in [1.807, 2.05) is 44.2 Å². The van der Waals surface area contributed by atoms with E-state index in [0.717, 1.165) is 17.7 Å². The largest absolute Gasteiger partial charge is 0.333 e. The van der Waals surface area contributed by atoms with Crippen molar-refractivity contribution < 1.29 is 4.79 Å². The van der Waals surface area contributed by atoms with E-state index in [1.54, 1.807) is 18.2 Å². The summed E-state index contributed by atoms with van der Waals surface area (Å²) in [5.41, 5.74) is 2.21. The van der Waals surface area contributed by atoms with Gasteiger partial charge in [-0.05, 0) is 36.6 Å². The fourth-order valence-corrected chi connectivity index (χ4v) is 2.92. The van der Waals surface area contributed by atoms with Crippen molar-refractivity contribution in [3.63, 3.8) is 0 Å². The summed E-state index contributed by atoms with van der Waals surface area (Å²) in [6.07, 6.45) is 1.49. The van der Waals surface area contributed by atoms with Crippen LogP contribution in [0.2, 0.25) is 0 Å². The lowest BCUT2D eigenvalue weighted by molar-refractivity contribution is 0.245. The first kappa shape index (κ1) is 18.6. The van der Waals surface area contributed by atoms with E-state index in [1.165, 1.54) is 4.68 Å². The molecule has 0 aliphatic heterocycles. The molecule has 7 heteroatoms. The third kappa shape index (κ3) is 4.31. The van der Waals surface area contributed by atoms with Crippen molar-refractivity contribution in [3.05, 3.63) is 64.4 Å². The van der Waals surface area contributed by atoms with Crippen LogP contribution in [-0.2, 0) is 13.0 Å². The highest BCUT2D eigenvalue weighted by Gasteiger charge is 2.15. The fraction of sp³-hybridized carbons (Fsp3) is 0.300. The van der Waals surface area contributed by atoms with Gasteiger partial charge in [0.25, 0.3) is 5.56 Å². The van der Waals surface area contributed by atoms with Crippen LogP contribution in [0.15, 0.2) is 53.3 Å². The molecule has 1 atom stereocenters. The van der Waals surface area contributed by atoms with Crippen molar-refractivity contribution in [3.8, 4) is 0 Å². The van der Waals surface area contributed by atoms with E-state index >= 15 is 0 Å². The number of benzene rings is 2. The Morgan fingerprint density at radius 2 is 1.85 bits per heavy atom. The average molecular weight is 365 g/mol. The van der Waals surface area contributed by atoms with Gasteiger partial charge in [0.1, 0.15) is 5.52 Å². The molecule has 0 radical (unpaired) electrons. The fourth-order valence-electron chi connectivity index (χ4n) is 2.92. The molecular formula is C20H23N5O2. The minimum Gasteiger partial charge on any atom is -0.333 e. The van der Waals surface area contributed by atoms with Crippen LogP contribution >= 0.6 is 0 Å². The van der Waals surface area contributed by atoms with Gasteiger partial charge >= 0.3 is 6.03 Å². The Balaban J connectivity index is 1.71. The summed E-state index contributed by atoms with van der Waals surface area (Å²) in [4.78, 5) is 25.0. The van der Waals surface area contributed by atoms with Crippen molar-refractivity contribution in [2.24, 2.45) is 0 Å². The van der Waals surface area contributed by atoms with Crippen molar-refractivity contribution in [2.45, 2.75) is 39.3 Å². The second kappa shape index (κ2) is 8.44. The Bertz CT molecular complexity index is 999. The average Bonchev–Trinajstić information content (AvgIpc) is 2.70. The summed E-state index contributed by atoms with van der Waals surface area (Å²) in [6.45, 7) is 4.25. The summed E-state index contributed by atoms with van der Waals surface area (Å²) in [6, 6.07) is 14.2. The minimum atomic E-state index is -0.301. The number of hydrogen-bond acceptors (Lipinski definition) is 4. The lowest BCUT2D eigenvalue weighted by Gasteiger charge is -2.18. The predicted molar refractivity (Wildman–Crippen MR) is 106 cm³/mol. The minimum absolute atomic E-state index is 0.211. The van der Waals surface area contributed by atoms with Crippen LogP contribution in [0, 0.1) is 0 Å². The highest BCUT2D eigenvalue weighted by atomic mass is 16.2. The first-order valence-electron chi connectivity index (χ1n) is 9.10. The van der Waals surface area contributed by atoms with Gasteiger partial charge in [0.05, 0.1) is 18.0 Å². The maximum absolute atomic E-state index is 12.6. The van der Waals surface area contributed by atoms with Crippen LogP contribution in [0.4, 0.5) is 10.5 Å². The number of aromatic nitrogens is 3. The third-order valence-electron chi connectivity index (χ3n) is 4.50. The summed E-state index contributed by atoms with van der Waals surface area (Å²) >= 11 is 0. The number of hydrogen-bond donors (Lipinski definition) is 2. The number of nitrogens with one attached hydrogen (secondary N) is 2. The van der Waals surface area contributed by atoms with Gasteiger partial charge in [-0.15, -0.1) is 5.10 Å². The second-order valence-corrected chi connectivity index (χ2v) is 6.31. The normalized spacial score (nSPS) is 11.9. The number of para-hydroxylation sites is 1. The molecule has 3 rings (SSSR count). The molecule has 0 bridgehead atoms. The number of nitrogens with zero attached hydrogens (tertiary/aromatic N) is 3. The zero-order valence-corrected chi connectivity index (χ0v) is 15.5. The SMILES string of the molecule is CCc1ccccc1NC(=O)N[C@H](CC)Cn1nnc2ccccc2c1=O. The Morgan fingerprint density at radius 1 is 1.11 bits per heavy atom. The van der Waals surface area contributed by atoms with Crippen molar-refractivity contribution >= 4 is 22.6 Å². The molecule has 1 aromatic heterocycles. The highest BCUT2D eigenvalue weighted by Crippen LogP contribution is 2.15. The molecule has 7 nitrogen and oxygen atoms in total. The Kier molecular flexibility index (Phi) is 5.80. The van der Waals surface area contributed by atoms with Crippen molar-refractivity contribution in [1.29, 1.82) is 0 Å². The Morgan fingerprint density at radius 3 is 2.63 bits per heavy atom. The van der Waals surface area contributed by atoms with Gasteiger partial charge in [-0.1, -0.05) is 49.4 Å². The number of aryl methyl sites for hydroxylation is 1. The second-order valence-electron chi connectivity index (χ2n) is 6.31. The van der Waals surface area contributed by atoms with Crippen molar-refractivity contribution in [1.82, 2.24) is 20.3 Å². The summed E-state index contributed by atoms with van der Waals surface area (Å²) < 4.78 is 1.30. The molecule has 27 heavy (non-hydrogen) atoms. The maximum Gasteiger partial charge on any atom is 0.319 e. The van der Waals surface area contributed by atoms with Gasteiger partial charge in [0.2, 0.25) is 0 Å². The van der Waals surface area contributed by atoms with Gasteiger partial charge in [-0.2, -0.15) is 0 Å². The van der Waals surface area contributed by atoms with Gasteiger partial charge in [-0.3, -0.25) is 4.79 Å². The number of anilines is 1. The van der Waals surface area contributed by atoms with Gasteiger partial charge < -0.3 is 10.6 Å². The number of amides is 2.